The van der Waals surface area contributed by atoms with E-state index in [2.05, 4.69) is 10.6 Å². The van der Waals surface area contributed by atoms with E-state index in [9.17, 15) is 14.4 Å². The van der Waals surface area contributed by atoms with Crippen molar-refractivity contribution in [2.75, 3.05) is 24.3 Å². The van der Waals surface area contributed by atoms with Crippen LogP contribution in [0.25, 0.3) is 0 Å². The molecule has 0 unspecified atom stereocenters. The normalized spacial score (nSPS) is 10.0. The van der Waals surface area contributed by atoms with Gasteiger partial charge in [0, 0.05) is 16.9 Å². The van der Waals surface area contributed by atoms with Gasteiger partial charge in [0.2, 0.25) is 5.91 Å². The van der Waals surface area contributed by atoms with Gasteiger partial charge in [0.25, 0.3) is 0 Å². The van der Waals surface area contributed by atoms with Crippen LogP contribution < -0.4 is 10.6 Å². The molecule has 0 aliphatic heterocycles. The van der Waals surface area contributed by atoms with Crippen molar-refractivity contribution >= 4 is 29.0 Å². The van der Waals surface area contributed by atoms with Crippen LogP contribution in [0.5, 0.6) is 0 Å². The van der Waals surface area contributed by atoms with E-state index in [1.807, 2.05) is 6.92 Å². The molecular formula is C19H20N2O4. The summed E-state index contributed by atoms with van der Waals surface area (Å²) in [6, 6.07) is 11.8. The first-order chi connectivity index (χ1) is 11.9. The Kier molecular flexibility index (Phi) is 5.89. The summed E-state index contributed by atoms with van der Waals surface area (Å²) in [4.78, 5) is 35.1. The number of carbonyl (C=O) groups is 3. The van der Waals surface area contributed by atoms with E-state index < -0.39 is 5.97 Å². The summed E-state index contributed by atoms with van der Waals surface area (Å²) in [5, 5.41) is 5.73. The fourth-order valence-electron chi connectivity index (χ4n) is 2.25. The number of benzene rings is 2. The predicted octanol–water partition coefficient (Wildman–Crippen LogP) is 3.03. The third-order valence-corrected chi connectivity index (χ3v) is 3.65. The highest BCUT2D eigenvalue weighted by Crippen LogP contribution is 2.17. The van der Waals surface area contributed by atoms with Crippen LogP contribution in [0.15, 0.2) is 42.5 Å². The molecule has 6 nitrogen and oxygen atoms in total. The maximum absolute atomic E-state index is 12.1. The lowest BCUT2D eigenvalue weighted by Gasteiger charge is -2.11. The van der Waals surface area contributed by atoms with Crippen LogP contribution in [0.3, 0.4) is 0 Å². The zero-order chi connectivity index (χ0) is 18.4. The van der Waals surface area contributed by atoms with Gasteiger partial charge in [-0.05, 0) is 43.7 Å². The average molecular weight is 340 g/mol. The number of nitrogens with one attached hydrogen (secondary N) is 2. The first-order valence-corrected chi connectivity index (χ1v) is 7.74. The lowest BCUT2D eigenvalue weighted by molar-refractivity contribution is -0.114. The van der Waals surface area contributed by atoms with E-state index >= 15 is 0 Å². The fraction of sp³-hybridized carbons (Fsp3) is 0.211. The van der Waals surface area contributed by atoms with E-state index in [0.717, 1.165) is 5.56 Å². The van der Waals surface area contributed by atoms with Gasteiger partial charge in [0.15, 0.2) is 5.78 Å². The number of hydrogen-bond donors (Lipinski definition) is 2. The highest BCUT2D eigenvalue weighted by molar-refractivity contribution is 5.98. The monoisotopic (exact) mass is 340 g/mol. The van der Waals surface area contributed by atoms with Gasteiger partial charge in [-0.15, -0.1) is 0 Å². The molecule has 6 heteroatoms. The molecule has 130 valence electrons. The smallest absolute Gasteiger partial charge is 0.337 e. The summed E-state index contributed by atoms with van der Waals surface area (Å²) in [5.41, 5.74) is 3.08. The molecule has 0 radical (unpaired) electrons. The number of carbonyl (C=O) groups excluding carboxylic acids is 3. The number of amides is 1. The standard InChI is InChI=1S/C19H20N2O4/c1-12-7-8-15(19(24)25-3)10-17(12)20-11-18(23)21-16-6-4-5-14(9-16)13(2)22/h4-10,20H,11H2,1-3H3,(H,21,23). The Labute approximate surface area is 146 Å². The Morgan fingerprint density at radius 2 is 1.80 bits per heavy atom. The first-order valence-electron chi connectivity index (χ1n) is 7.74. The van der Waals surface area contributed by atoms with Crippen LogP contribution in [-0.4, -0.2) is 31.3 Å². The zero-order valence-corrected chi connectivity index (χ0v) is 14.4. The van der Waals surface area contributed by atoms with Crippen molar-refractivity contribution in [2.45, 2.75) is 13.8 Å². The Morgan fingerprint density at radius 1 is 1.04 bits per heavy atom. The van der Waals surface area contributed by atoms with Gasteiger partial charge >= 0.3 is 5.97 Å². The minimum absolute atomic E-state index is 0.0236. The molecule has 0 bridgehead atoms. The summed E-state index contributed by atoms with van der Waals surface area (Å²) in [6.07, 6.45) is 0. The summed E-state index contributed by atoms with van der Waals surface area (Å²) in [7, 11) is 1.32. The summed E-state index contributed by atoms with van der Waals surface area (Å²) in [6.45, 7) is 3.37. The summed E-state index contributed by atoms with van der Waals surface area (Å²) >= 11 is 0. The van der Waals surface area contributed by atoms with Crippen molar-refractivity contribution in [1.29, 1.82) is 0 Å². The quantitative estimate of drug-likeness (QED) is 0.624. The number of methoxy groups -OCH3 is 1. The Morgan fingerprint density at radius 3 is 2.48 bits per heavy atom. The third kappa shape index (κ3) is 4.91. The van der Waals surface area contributed by atoms with E-state index in [4.69, 9.17) is 4.74 Å². The second-order valence-corrected chi connectivity index (χ2v) is 5.56. The lowest BCUT2D eigenvalue weighted by Crippen LogP contribution is -2.22. The summed E-state index contributed by atoms with van der Waals surface area (Å²) in [5.74, 6) is -0.762. The van der Waals surface area contributed by atoms with Crippen LogP contribution >= 0.6 is 0 Å². The maximum Gasteiger partial charge on any atom is 0.337 e. The number of aryl methyl sites for hydroxylation is 1. The molecule has 0 heterocycles. The second-order valence-electron chi connectivity index (χ2n) is 5.56. The Balaban J connectivity index is 2.01. The van der Waals surface area contributed by atoms with Gasteiger partial charge in [-0.1, -0.05) is 18.2 Å². The van der Waals surface area contributed by atoms with Gasteiger partial charge in [0.05, 0.1) is 19.2 Å². The molecule has 2 aromatic rings. The molecular weight excluding hydrogens is 320 g/mol. The molecule has 2 N–H and O–H groups in total. The second kappa shape index (κ2) is 8.10. The minimum Gasteiger partial charge on any atom is -0.465 e. The molecule has 0 saturated heterocycles. The van der Waals surface area contributed by atoms with Crippen molar-refractivity contribution in [3.8, 4) is 0 Å². The average Bonchev–Trinajstić information content (AvgIpc) is 2.60. The number of ketones is 1. The number of rotatable bonds is 6. The highest BCUT2D eigenvalue weighted by Gasteiger charge is 2.09. The molecule has 2 aromatic carbocycles. The Bertz CT molecular complexity index is 815. The van der Waals surface area contributed by atoms with Gasteiger partial charge < -0.3 is 15.4 Å². The van der Waals surface area contributed by atoms with Gasteiger partial charge in [0.1, 0.15) is 0 Å². The predicted molar refractivity (Wildman–Crippen MR) is 96.1 cm³/mol. The van der Waals surface area contributed by atoms with Crippen molar-refractivity contribution < 1.29 is 19.1 Å². The van der Waals surface area contributed by atoms with Gasteiger partial charge in [-0.25, -0.2) is 4.79 Å². The highest BCUT2D eigenvalue weighted by atomic mass is 16.5. The zero-order valence-electron chi connectivity index (χ0n) is 14.4. The SMILES string of the molecule is COC(=O)c1ccc(C)c(NCC(=O)Nc2cccc(C(C)=O)c2)c1. The van der Waals surface area contributed by atoms with E-state index in [0.29, 0.717) is 22.5 Å². The van der Waals surface area contributed by atoms with Crippen molar-refractivity contribution in [2.24, 2.45) is 0 Å². The minimum atomic E-state index is -0.437. The van der Waals surface area contributed by atoms with Crippen LogP contribution in [0.4, 0.5) is 11.4 Å². The van der Waals surface area contributed by atoms with Crippen LogP contribution in [0.2, 0.25) is 0 Å². The molecule has 1 amide bonds. The van der Waals surface area contributed by atoms with Gasteiger partial charge in [-0.3, -0.25) is 9.59 Å². The molecule has 0 aromatic heterocycles. The molecule has 25 heavy (non-hydrogen) atoms. The lowest BCUT2D eigenvalue weighted by atomic mass is 10.1. The maximum atomic E-state index is 12.1. The molecule has 0 atom stereocenters. The van der Waals surface area contributed by atoms with Crippen LogP contribution in [-0.2, 0) is 9.53 Å². The fourth-order valence-corrected chi connectivity index (χ4v) is 2.25. The molecule has 2 rings (SSSR count). The molecule has 0 aliphatic carbocycles. The number of hydrogen-bond acceptors (Lipinski definition) is 5. The number of esters is 1. The number of anilines is 2. The number of Topliss-reactive ketones (excluding diaryl/α,β-unsaturated/α-hetero) is 1. The molecule has 0 saturated carbocycles. The van der Waals surface area contributed by atoms with E-state index in [-0.39, 0.29) is 18.2 Å². The van der Waals surface area contributed by atoms with Crippen molar-refractivity contribution in [1.82, 2.24) is 0 Å². The van der Waals surface area contributed by atoms with Crippen LogP contribution in [0, 0.1) is 6.92 Å². The summed E-state index contributed by atoms with van der Waals surface area (Å²) < 4.78 is 4.69. The van der Waals surface area contributed by atoms with Gasteiger partial charge in [-0.2, -0.15) is 0 Å². The van der Waals surface area contributed by atoms with Crippen molar-refractivity contribution in [3.63, 3.8) is 0 Å². The molecule has 0 aliphatic rings. The number of ether oxygens (including phenoxy) is 1. The Hall–Kier alpha value is -3.15. The van der Waals surface area contributed by atoms with Crippen LogP contribution in [0.1, 0.15) is 33.2 Å². The molecule has 0 fully saturated rings. The molecule has 0 spiro atoms. The first kappa shape index (κ1) is 18.2. The van der Waals surface area contributed by atoms with E-state index in [1.54, 1.807) is 42.5 Å². The third-order valence-electron chi connectivity index (χ3n) is 3.65. The largest absolute Gasteiger partial charge is 0.465 e. The van der Waals surface area contributed by atoms with E-state index in [1.165, 1.54) is 14.0 Å². The van der Waals surface area contributed by atoms with Crippen molar-refractivity contribution in [3.05, 3.63) is 59.2 Å². The topological polar surface area (TPSA) is 84.5 Å².